The highest BCUT2D eigenvalue weighted by Crippen LogP contribution is 2.30. The number of amides is 1. The molecule has 1 unspecified atom stereocenters. The number of benzene rings is 2. The van der Waals surface area contributed by atoms with Crippen molar-refractivity contribution in [1.82, 2.24) is 10.2 Å². The molecule has 0 bridgehead atoms. The summed E-state index contributed by atoms with van der Waals surface area (Å²) in [4.78, 5) is 12.9. The molecule has 9 heteroatoms. The molecule has 1 N–H and O–H groups in total. The van der Waals surface area contributed by atoms with E-state index >= 15 is 0 Å². The summed E-state index contributed by atoms with van der Waals surface area (Å²) in [6.07, 6.45) is -4.21. The molecule has 1 atom stereocenters. The first-order valence-corrected chi connectivity index (χ1v) is 8.67. The number of hydrogen-bond acceptors (Lipinski definition) is 4. The van der Waals surface area contributed by atoms with Gasteiger partial charge in [0.15, 0.2) is 0 Å². The van der Waals surface area contributed by atoms with Crippen LogP contribution in [0.2, 0.25) is 0 Å². The number of halogens is 4. The maximum atomic E-state index is 12.6. The quantitative estimate of drug-likeness (QED) is 0.675. The molecule has 29 heavy (non-hydrogen) atoms. The summed E-state index contributed by atoms with van der Waals surface area (Å²) in [5.74, 6) is 0.826. The predicted octanol–water partition coefficient (Wildman–Crippen LogP) is 4.92. The van der Waals surface area contributed by atoms with Crippen LogP contribution in [0, 0.1) is 0 Å². The highest BCUT2D eigenvalue weighted by atomic mass is 35.5. The number of nitrogens with one attached hydrogen (secondary N) is 1. The maximum absolute atomic E-state index is 12.6. The van der Waals surface area contributed by atoms with E-state index in [0.717, 1.165) is 17.7 Å². The Hall–Kier alpha value is -2.45. The molecule has 0 aromatic heterocycles. The fourth-order valence-electron chi connectivity index (χ4n) is 2.47. The standard InChI is InChI=1S/C20H23F3N2O3.ClH/c1-24-18(14-4-8-17(9-5-14)28-19(26)25(2)3)12-13-27-16-10-6-15(7-11-16)20(21,22)23;/h4-11,18,24H,12-13H2,1-3H3;1H. The Labute approximate surface area is 174 Å². The number of ether oxygens (including phenoxy) is 2. The van der Waals surface area contributed by atoms with Crippen molar-refractivity contribution >= 4 is 18.5 Å². The van der Waals surface area contributed by atoms with Crippen molar-refractivity contribution in [2.24, 2.45) is 0 Å². The van der Waals surface area contributed by atoms with Crippen LogP contribution in [0.25, 0.3) is 0 Å². The number of hydrogen-bond donors (Lipinski definition) is 1. The van der Waals surface area contributed by atoms with Gasteiger partial charge in [0.05, 0.1) is 12.2 Å². The van der Waals surface area contributed by atoms with Crippen LogP contribution in [0.1, 0.15) is 23.6 Å². The van der Waals surface area contributed by atoms with E-state index < -0.39 is 17.8 Å². The summed E-state index contributed by atoms with van der Waals surface area (Å²) in [7, 11) is 5.01. The Morgan fingerprint density at radius 3 is 2.07 bits per heavy atom. The lowest BCUT2D eigenvalue weighted by atomic mass is 10.0. The minimum absolute atomic E-state index is 0. The molecule has 2 rings (SSSR count). The number of rotatable bonds is 7. The largest absolute Gasteiger partial charge is 0.494 e. The zero-order chi connectivity index (χ0) is 20.7. The average molecular weight is 433 g/mol. The van der Waals surface area contributed by atoms with Gasteiger partial charge in [0, 0.05) is 26.6 Å². The van der Waals surface area contributed by atoms with Crippen molar-refractivity contribution in [3.8, 4) is 11.5 Å². The van der Waals surface area contributed by atoms with Gasteiger partial charge in [-0.15, -0.1) is 12.4 Å². The van der Waals surface area contributed by atoms with Crippen LogP contribution < -0.4 is 14.8 Å². The van der Waals surface area contributed by atoms with Gasteiger partial charge < -0.3 is 19.7 Å². The molecule has 0 aliphatic heterocycles. The van der Waals surface area contributed by atoms with E-state index in [1.807, 2.05) is 19.2 Å². The Balaban J connectivity index is 0.00000420. The van der Waals surface area contributed by atoms with Gasteiger partial charge in [-0.25, -0.2) is 4.79 Å². The summed E-state index contributed by atoms with van der Waals surface area (Å²) in [5.41, 5.74) is 0.270. The fraction of sp³-hybridized carbons (Fsp3) is 0.350. The van der Waals surface area contributed by atoms with Crippen molar-refractivity contribution in [2.75, 3.05) is 27.7 Å². The number of nitrogens with zero attached hydrogens (tertiary/aromatic N) is 1. The van der Waals surface area contributed by atoms with Gasteiger partial charge in [0.1, 0.15) is 11.5 Å². The molecule has 0 saturated heterocycles. The minimum Gasteiger partial charge on any atom is -0.494 e. The van der Waals surface area contributed by atoms with Crippen LogP contribution in [0.4, 0.5) is 18.0 Å². The average Bonchev–Trinajstić information content (AvgIpc) is 2.65. The Morgan fingerprint density at radius 2 is 1.59 bits per heavy atom. The van der Waals surface area contributed by atoms with Gasteiger partial charge in [-0.1, -0.05) is 12.1 Å². The van der Waals surface area contributed by atoms with Crippen LogP contribution in [0.3, 0.4) is 0 Å². The van der Waals surface area contributed by atoms with E-state index in [4.69, 9.17) is 9.47 Å². The minimum atomic E-state index is -4.36. The second kappa shape index (κ2) is 10.9. The Bertz CT molecular complexity index is 766. The molecule has 0 saturated carbocycles. The van der Waals surface area contributed by atoms with Gasteiger partial charge in [-0.2, -0.15) is 13.2 Å². The summed E-state index contributed by atoms with van der Waals surface area (Å²) in [5, 5.41) is 3.17. The molecule has 160 valence electrons. The van der Waals surface area contributed by atoms with Crippen LogP contribution in [-0.2, 0) is 6.18 Å². The molecule has 0 aliphatic carbocycles. The normalized spacial score (nSPS) is 11.9. The molecule has 5 nitrogen and oxygen atoms in total. The monoisotopic (exact) mass is 432 g/mol. The number of carbonyl (C=O) groups excluding carboxylic acids is 1. The molecule has 0 spiro atoms. The third-order valence-electron chi connectivity index (χ3n) is 4.06. The van der Waals surface area contributed by atoms with E-state index in [1.165, 1.54) is 17.0 Å². The highest BCUT2D eigenvalue weighted by Gasteiger charge is 2.30. The van der Waals surface area contributed by atoms with Gasteiger partial charge in [0.25, 0.3) is 0 Å². The van der Waals surface area contributed by atoms with E-state index in [2.05, 4.69) is 5.32 Å². The summed E-state index contributed by atoms with van der Waals surface area (Å²) in [6.45, 7) is 0.328. The SMILES string of the molecule is CNC(CCOc1ccc(C(F)(F)F)cc1)c1ccc(OC(=O)N(C)C)cc1.Cl. The zero-order valence-corrected chi connectivity index (χ0v) is 17.1. The van der Waals surface area contributed by atoms with E-state index in [-0.39, 0.29) is 18.4 Å². The zero-order valence-electron chi connectivity index (χ0n) is 16.3. The van der Waals surface area contributed by atoms with E-state index in [0.29, 0.717) is 24.5 Å². The third-order valence-corrected chi connectivity index (χ3v) is 4.06. The summed E-state index contributed by atoms with van der Waals surface area (Å²) in [6, 6.07) is 11.7. The molecule has 0 radical (unpaired) electrons. The highest BCUT2D eigenvalue weighted by molar-refractivity contribution is 5.85. The van der Waals surface area contributed by atoms with E-state index in [9.17, 15) is 18.0 Å². The first-order valence-electron chi connectivity index (χ1n) is 8.67. The third kappa shape index (κ3) is 7.47. The van der Waals surface area contributed by atoms with Crippen LogP contribution >= 0.6 is 12.4 Å². The van der Waals surface area contributed by atoms with Gasteiger partial charge in [-0.3, -0.25) is 0 Å². The molecule has 1 amide bonds. The molecule has 0 aliphatic rings. The van der Waals surface area contributed by atoms with E-state index in [1.54, 1.807) is 26.2 Å². The Morgan fingerprint density at radius 1 is 1.03 bits per heavy atom. The molecular weight excluding hydrogens is 409 g/mol. The van der Waals surface area contributed by atoms with Crippen LogP contribution in [0.5, 0.6) is 11.5 Å². The smallest absolute Gasteiger partial charge is 0.416 e. The molecule has 2 aromatic carbocycles. The number of carbonyl (C=O) groups is 1. The predicted molar refractivity (Wildman–Crippen MR) is 107 cm³/mol. The summed E-state index contributed by atoms with van der Waals surface area (Å²) < 4.78 is 48.4. The first kappa shape index (κ1) is 24.6. The van der Waals surface area contributed by atoms with Crippen LogP contribution in [-0.4, -0.2) is 38.7 Å². The second-order valence-corrected chi connectivity index (χ2v) is 6.33. The van der Waals surface area contributed by atoms with Crippen LogP contribution in [0.15, 0.2) is 48.5 Å². The molecule has 2 aromatic rings. The van der Waals surface area contributed by atoms with Crippen molar-refractivity contribution in [3.05, 3.63) is 59.7 Å². The maximum Gasteiger partial charge on any atom is 0.416 e. The van der Waals surface area contributed by atoms with Gasteiger partial charge in [0.2, 0.25) is 0 Å². The second-order valence-electron chi connectivity index (χ2n) is 6.33. The van der Waals surface area contributed by atoms with Crippen molar-refractivity contribution in [1.29, 1.82) is 0 Å². The topological polar surface area (TPSA) is 50.8 Å². The van der Waals surface area contributed by atoms with Gasteiger partial charge in [-0.05, 0) is 49.0 Å². The van der Waals surface area contributed by atoms with Crippen molar-refractivity contribution < 1.29 is 27.4 Å². The summed E-state index contributed by atoms with van der Waals surface area (Å²) >= 11 is 0. The number of alkyl halides is 3. The lowest BCUT2D eigenvalue weighted by Crippen LogP contribution is -2.25. The van der Waals surface area contributed by atoms with Crippen molar-refractivity contribution in [2.45, 2.75) is 18.6 Å². The molecule has 0 heterocycles. The van der Waals surface area contributed by atoms with Gasteiger partial charge >= 0.3 is 12.3 Å². The fourth-order valence-corrected chi connectivity index (χ4v) is 2.47. The lowest BCUT2D eigenvalue weighted by Gasteiger charge is -2.18. The Kier molecular flexibility index (Phi) is 9.26. The van der Waals surface area contributed by atoms with Crippen molar-refractivity contribution in [3.63, 3.8) is 0 Å². The lowest BCUT2D eigenvalue weighted by molar-refractivity contribution is -0.137. The first-order chi connectivity index (χ1) is 13.2. The molecular formula is C20H24ClF3N2O3. The molecule has 0 fully saturated rings.